The topological polar surface area (TPSA) is 136 Å². The van der Waals surface area contributed by atoms with Crippen LogP contribution in [0, 0.1) is 5.92 Å². The molecule has 4 rings (SSSR count). The number of hydrogen-bond donors (Lipinski definition) is 2. The lowest BCUT2D eigenvalue weighted by molar-refractivity contribution is -0.874. The van der Waals surface area contributed by atoms with E-state index in [1.165, 1.54) is 0 Å². The molecule has 2 aliphatic heterocycles. The van der Waals surface area contributed by atoms with E-state index in [0.717, 1.165) is 31.1 Å². The molecule has 238 valence electrons. The molecule has 4 atom stereocenters. The quantitative estimate of drug-likeness (QED) is 0.209. The highest BCUT2D eigenvalue weighted by atomic mass is 35.5. The van der Waals surface area contributed by atoms with Crippen molar-refractivity contribution in [3.05, 3.63) is 71.8 Å². The van der Waals surface area contributed by atoms with Crippen LogP contribution in [0.25, 0.3) is 0 Å². The maximum absolute atomic E-state index is 15.0. The number of ether oxygens (including phenoxy) is 1. The summed E-state index contributed by atoms with van der Waals surface area (Å²) < 4.78 is 4.24. The average Bonchev–Trinajstić information content (AvgIpc) is 3.49. The number of methoxy groups -OCH3 is 1. The summed E-state index contributed by atoms with van der Waals surface area (Å²) in [5, 5.41) is 3.26. The molecule has 0 aromatic heterocycles. The Morgan fingerprint density at radius 1 is 0.932 bits per heavy atom. The maximum atomic E-state index is 15.0. The van der Waals surface area contributed by atoms with Gasteiger partial charge in [0.2, 0.25) is 5.91 Å². The van der Waals surface area contributed by atoms with E-state index in [0.29, 0.717) is 32.0 Å². The van der Waals surface area contributed by atoms with E-state index >= 15 is 4.79 Å². The van der Waals surface area contributed by atoms with Crippen LogP contribution in [-0.4, -0.2) is 90.8 Å². The molecule has 2 heterocycles. The van der Waals surface area contributed by atoms with E-state index in [4.69, 9.17) is 10.5 Å². The third-order valence-electron chi connectivity index (χ3n) is 9.17. The number of esters is 1. The second kappa shape index (κ2) is 15.9. The second-order valence-electron chi connectivity index (χ2n) is 11.6. The lowest BCUT2D eigenvalue weighted by Crippen LogP contribution is -2.70. The van der Waals surface area contributed by atoms with E-state index in [9.17, 15) is 19.2 Å². The van der Waals surface area contributed by atoms with Crippen molar-refractivity contribution in [3.8, 4) is 0 Å². The van der Waals surface area contributed by atoms with E-state index < -0.39 is 46.1 Å². The number of Topliss-reactive ketones (excluding diaryl/α,β-unsaturated/α-hetero) is 1. The molecule has 11 heteroatoms. The van der Waals surface area contributed by atoms with Gasteiger partial charge in [-0.1, -0.05) is 60.7 Å². The number of nitrogens with zero attached hydrogens (tertiary/aromatic N) is 2. The molecule has 10 nitrogen and oxygen atoms in total. The predicted octanol–water partition coefficient (Wildman–Crippen LogP) is 2.21. The van der Waals surface area contributed by atoms with Crippen molar-refractivity contribution in [2.24, 2.45) is 11.7 Å². The molecule has 2 aliphatic rings. The van der Waals surface area contributed by atoms with Crippen LogP contribution in [0.3, 0.4) is 0 Å². The van der Waals surface area contributed by atoms with Gasteiger partial charge in [0.15, 0.2) is 12.1 Å². The van der Waals surface area contributed by atoms with Crippen molar-refractivity contribution in [1.82, 2.24) is 10.2 Å². The summed E-state index contributed by atoms with van der Waals surface area (Å²) in [5.74, 6) is -4.07. The fourth-order valence-corrected chi connectivity index (χ4v) is 6.87. The van der Waals surface area contributed by atoms with Gasteiger partial charge < -0.3 is 20.7 Å². The van der Waals surface area contributed by atoms with Crippen LogP contribution in [0.4, 0.5) is 0 Å². The van der Waals surface area contributed by atoms with Crippen LogP contribution in [-0.2, 0) is 41.6 Å². The third-order valence-corrected chi connectivity index (χ3v) is 9.17. The Kier molecular flexibility index (Phi) is 12.6. The Bertz CT molecular complexity index is 1300. The number of piperidine rings is 1. The highest BCUT2D eigenvalue weighted by molar-refractivity contribution is 6.35. The van der Waals surface area contributed by atoms with Gasteiger partial charge in [-0.25, -0.2) is 14.1 Å². The highest BCUT2D eigenvalue weighted by Crippen LogP contribution is 2.37. The summed E-state index contributed by atoms with van der Waals surface area (Å²) in [6.45, 7) is 1.32. The normalized spacial score (nSPS) is 21.5. The summed E-state index contributed by atoms with van der Waals surface area (Å²) in [5.41, 5.74) is 7.52. The molecule has 2 saturated heterocycles. The van der Waals surface area contributed by atoms with Gasteiger partial charge in [-0.05, 0) is 37.4 Å². The van der Waals surface area contributed by atoms with E-state index in [-0.39, 0.29) is 44.1 Å². The predicted molar refractivity (Wildman–Crippen MR) is 167 cm³/mol. The molecular weight excluding hydrogens is 584 g/mol. The van der Waals surface area contributed by atoms with Crippen LogP contribution in [0.5, 0.6) is 0 Å². The van der Waals surface area contributed by atoms with Crippen LogP contribution in [0.1, 0.15) is 43.2 Å². The first kappa shape index (κ1) is 34.9. The lowest BCUT2D eigenvalue weighted by atomic mass is 9.88. The highest BCUT2D eigenvalue weighted by Gasteiger charge is 2.60. The zero-order valence-electron chi connectivity index (χ0n) is 25.5. The average molecular weight is 628 g/mol. The minimum absolute atomic E-state index is 0. The lowest BCUT2D eigenvalue weighted by Gasteiger charge is -2.43. The van der Waals surface area contributed by atoms with Crippen molar-refractivity contribution in [3.63, 3.8) is 0 Å². The fraction of sp³-hybridized carbons (Fsp3) is 0.485. The number of carbonyl (C=O) groups excluding carboxylic acids is 5. The van der Waals surface area contributed by atoms with Crippen molar-refractivity contribution < 1.29 is 33.2 Å². The Labute approximate surface area is 265 Å². The summed E-state index contributed by atoms with van der Waals surface area (Å²) >= 11 is 0. The summed E-state index contributed by atoms with van der Waals surface area (Å²) in [4.78, 5) is 70.1. The number of halogens is 1. The van der Waals surface area contributed by atoms with Crippen molar-refractivity contribution in [1.29, 1.82) is 0 Å². The van der Waals surface area contributed by atoms with Crippen LogP contribution in [0.2, 0.25) is 0 Å². The maximum Gasteiger partial charge on any atom is 0.380 e. The zero-order valence-corrected chi connectivity index (χ0v) is 26.3. The Hall–Kier alpha value is -3.60. The molecule has 3 amide bonds. The number of benzene rings is 2. The van der Waals surface area contributed by atoms with E-state index in [2.05, 4.69) is 5.32 Å². The number of rotatable bonds is 12. The molecule has 2 aromatic carbocycles. The number of nitrogens with two attached hydrogens (primary N) is 1. The fourth-order valence-electron chi connectivity index (χ4n) is 6.87. The van der Waals surface area contributed by atoms with Gasteiger partial charge in [0.05, 0.1) is 19.6 Å². The van der Waals surface area contributed by atoms with Crippen LogP contribution < -0.4 is 11.1 Å². The molecule has 0 saturated carbocycles. The van der Waals surface area contributed by atoms with Gasteiger partial charge in [0, 0.05) is 44.8 Å². The summed E-state index contributed by atoms with van der Waals surface area (Å²) in [7, 11) is 3.03. The first-order chi connectivity index (χ1) is 20.7. The monoisotopic (exact) mass is 627 g/mol. The number of primary amides is 1. The molecule has 0 aliphatic carbocycles. The standard InChI is InChI=1S/C33H42N4O6.ClH/c1-35-26-15-17-36(18-16-26)29(38)22-25(20-23-10-5-3-6-11-23)32(41)37(19-9-14-27(37)31(34)40)28(30(39)33(42)43-2)21-24-12-7-4-8-13-24;/h3-8,10-13,25-28,35H,9,14-22H2,1-2H3,(H-,34,40);1H/p+1/t25-,27+,28?,37?;/m1./s1. The third kappa shape index (κ3) is 7.72. The van der Waals surface area contributed by atoms with Gasteiger partial charge in [-0.2, -0.15) is 0 Å². The van der Waals surface area contributed by atoms with Crippen LogP contribution in [0.15, 0.2) is 60.7 Å². The van der Waals surface area contributed by atoms with Crippen molar-refractivity contribution >= 4 is 41.9 Å². The number of amides is 3. The molecule has 44 heavy (non-hydrogen) atoms. The number of hydrogen-bond acceptors (Lipinski definition) is 7. The van der Waals surface area contributed by atoms with Gasteiger partial charge in [-0.3, -0.25) is 14.4 Å². The van der Waals surface area contributed by atoms with Gasteiger partial charge in [-0.15, -0.1) is 12.4 Å². The van der Waals surface area contributed by atoms with Crippen molar-refractivity contribution in [2.45, 2.75) is 63.1 Å². The minimum Gasteiger partial charge on any atom is -0.463 e. The molecule has 0 spiro atoms. The van der Waals surface area contributed by atoms with Gasteiger partial charge >= 0.3 is 11.9 Å². The van der Waals surface area contributed by atoms with E-state index in [1.807, 2.05) is 67.7 Å². The molecular formula is C33H44ClN4O6+. The molecule has 2 unspecified atom stereocenters. The van der Waals surface area contributed by atoms with Crippen molar-refractivity contribution in [2.75, 3.05) is 33.8 Å². The Morgan fingerprint density at radius 3 is 2.02 bits per heavy atom. The zero-order chi connectivity index (χ0) is 31.0. The number of ketones is 1. The second-order valence-corrected chi connectivity index (χ2v) is 11.6. The molecule has 0 bridgehead atoms. The Balaban J connectivity index is 0.00000529. The molecule has 3 N–H and O–H groups in total. The number of carbonyl (C=O) groups is 5. The number of quaternary nitrogens is 1. The molecule has 2 fully saturated rings. The largest absolute Gasteiger partial charge is 0.463 e. The molecule has 0 radical (unpaired) electrons. The minimum atomic E-state index is -1.23. The number of likely N-dealkylation sites (tertiary alicyclic amines) is 2. The smallest absolute Gasteiger partial charge is 0.380 e. The van der Waals surface area contributed by atoms with Gasteiger partial charge in [0.25, 0.3) is 11.7 Å². The SMILES string of the molecule is CNC1CCN(C(=O)C[C@@H](Cc2ccccc2)C(=O)[N+]2(C(Cc3ccccc3)C(=O)C(=O)OC)CCC[C@H]2C(N)=O)CC1.Cl. The summed E-state index contributed by atoms with van der Waals surface area (Å²) in [6.07, 6.45) is 2.59. The van der Waals surface area contributed by atoms with Gasteiger partial charge in [0.1, 0.15) is 0 Å². The van der Waals surface area contributed by atoms with E-state index in [1.54, 1.807) is 4.90 Å². The van der Waals surface area contributed by atoms with Crippen LogP contribution >= 0.6 is 12.4 Å². The number of nitrogens with one attached hydrogen (secondary N) is 1. The first-order valence-electron chi connectivity index (χ1n) is 15.1. The Morgan fingerprint density at radius 2 is 1.50 bits per heavy atom. The molecule has 2 aromatic rings. The first-order valence-corrected chi connectivity index (χ1v) is 15.1. The summed E-state index contributed by atoms with van der Waals surface area (Å²) in [6, 6.07) is 16.6.